The predicted octanol–water partition coefficient (Wildman–Crippen LogP) is 1.05. The Balaban J connectivity index is 1.30. The van der Waals surface area contributed by atoms with Gasteiger partial charge in [-0.3, -0.25) is 19.2 Å². The largest absolute Gasteiger partial charge is 0.478 e. The third kappa shape index (κ3) is 5.25. The van der Waals surface area contributed by atoms with Crippen LogP contribution in [-0.2, 0) is 13.1 Å². The zero-order chi connectivity index (χ0) is 30.1. The molecule has 6 N–H and O–H groups in total. The summed E-state index contributed by atoms with van der Waals surface area (Å²) in [7, 11) is 0. The van der Waals surface area contributed by atoms with E-state index >= 15 is 0 Å². The van der Waals surface area contributed by atoms with Gasteiger partial charge in [-0.15, -0.1) is 0 Å². The number of benzene rings is 2. The number of carbonyl (C=O) groups is 3. The number of halogens is 1. The second kappa shape index (κ2) is 10.9. The van der Waals surface area contributed by atoms with Gasteiger partial charge in [-0.1, -0.05) is 18.2 Å². The summed E-state index contributed by atoms with van der Waals surface area (Å²) in [6.07, 6.45) is 1.38. The second-order valence-corrected chi connectivity index (χ2v) is 9.18. The van der Waals surface area contributed by atoms with Crippen LogP contribution in [0.15, 0.2) is 58.3 Å². The molecule has 5 rings (SSSR count). The van der Waals surface area contributed by atoms with Gasteiger partial charge in [0.1, 0.15) is 17.2 Å². The van der Waals surface area contributed by atoms with Crippen molar-refractivity contribution in [2.45, 2.75) is 20.0 Å². The average molecular weight is 573 g/mol. The van der Waals surface area contributed by atoms with Crippen LogP contribution in [0.3, 0.4) is 0 Å². The SMILES string of the molecule is Cc1cc(CNC(=O)c2nc(C(=O)NCc3ccc(F)c(Nc4c(N)c(=O)c4=O)c3)nc3ccnn23)ccc1C(=O)O. The Morgan fingerprint density at radius 2 is 1.64 bits per heavy atom. The van der Waals surface area contributed by atoms with E-state index in [4.69, 9.17) is 5.73 Å². The van der Waals surface area contributed by atoms with Crippen LogP contribution in [-0.4, -0.2) is 42.5 Å². The zero-order valence-corrected chi connectivity index (χ0v) is 21.8. The molecule has 0 saturated heterocycles. The van der Waals surface area contributed by atoms with Crippen LogP contribution in [0.5, 0.6) is 0 Å². The number of rotatable bonds is 9. The highest BCUT2D eigenvalue weighted by Crippen LogP contribution is 2.22. The fourth-order valence-corrected chi connectivity index (χ4v) is 4.12. The molecule has 0 unspecified atom stereocenters. The number of aromatic nitrogens is 4. The molecule has 0 bridgehead atoms. The van der Waals surface area contributed by atoms with E-state index in [0.29, 0.717) is 16.7 Å². The second-order valence-electron chi connectivity index (χ2n) is 9.18. The first-order valence-corrected chi connectivity index (χ1v) is 12.3. The molecule has 2 amide bonds. The molecule has 14 nitrogen and oxygen atoms in total. The number of amides is 2. The van der Waals surface area contributed by atoms with Gasteiger partial charge >= 0.3 is 5.97 Å². The maximum absolute atomic E-state index is 14.3. The highest BCUT2D eigenvalue weighted by Gasteiger charge is 2.21. The summed E-state index contributed by atoms with van der Waals surface area (Å²) >= 11 is 0. The number of carboxylic acid groups (broad SMARTS) is 1. The Morgan fingerprint density at radius 1 is 0.952 bits per heavy atom. The van der Waals surface area contributed by atoms with Crippen LogP contribution in [0, 0.1) is 12.7 Å². The standard InChI is InChI=1S/C27H21FN8O6/c1-12-8-13(2-4-15(12)27(41)42)10-31-26(40)24-35-23(34-18-6-7-32-36(18)24)25(39)30-11-14-3-5-16(28)17(9-14)33-20-19(29)21(37)22(20)38/h2-9,33H,10-11,29H2,1H3,(H,30,39)(H,31,40)(H,41,42). The van der Waals surface area contributed by atoms with Crippen LogP contribution in [0.4, 0.5) is 21.5 Å². The maximum atomic E-state index is 14.3. The van der Waals surface area contributed by atoms with Gasteiger partial charge in [-0.05, 0) is 41.8 Å². The lowest BCUT2D eigenvalue weighted by atomic mass is 10.1. The maximum Gasteiger partial charge on any atom is 0.335 e. The van der Waals surface area contributed by atoms with E-state index in [2.05, 4.69) is 31.0 Å². The van der Waals surface area contributed by atoms with Crippen LogP contribution in [0.25, 0.3) is 5.65 Å². The fraction of sp³-hybridized carbons (Fsp3) is 0.111. The average Bonchev–Trinajstić information content (AvgIpc) is 3.46. The number of nitrogens with zero attached hydrogens (tertiary/aromatic N) is 4. The first-order chi connectivity index (χ1) is 20.0. The number of hydrogen-bond acceptors (Lipinski definition) is 10. The molecule has 0 aliphatic rings. The van der Waals surface area contributed by atoms with Crippen molar-refractivity contribution in [2.75, 3.05) is 11.1 Å². The number of nitrogens with one attached hydrogen (secondary N) is 3. The molecular weight excluding hydrogens is 551 g/mol. The van der Waals surface area contributed by atoms with Gasteiger partial charge in [-0.25, -0.2) is 14.2 Å². The van der Waals surface area contributed by atoms with Crippen LogP contribution in [0.1, 0.15) is 48.3 Å². The minimum absolute atomic E-state index is 0.0527. The molecule has 0 spiro atoms. The number of nitrogen functional groups attached to an aromatic ring is 1. The van der Waals surface area contributed by atoms with Crippen molar-refractivity contribution in [3.63, 3.8) is 0 Å². The minimum atomic E-state index is -1.06. The number of aryl methyl sites for hydroxylation is 1. The molecule has 3 aromatic carbocycles. The normalized spacial score (nSPS) is 11.0. The molecule has 0 fully saturated rings. The molecule has 0 atom stereocenters. The summed E-state index contributed by atoms with van der Waals surface area (Å²) in [5.41, 5.74) is 5.09. The molecule has 0 aliphatic carbocycles. The van der Waals surface area contributed by atoms with Crippen molar-refractivity contribution in [2.24, 2.45) is 0 Å². The summed E-state index contributed by atoms with van der Waals surface area (Å²) in [4.78, 5) is 68.4. The monoisotopic (exact) mass is 572 g/mol. The van der Waals surface area contributed by atoms with E-state index in [1.165, 1.54) is 30.5 Å². The van der Waals surface area contributed by atoms with Crippen molar-refractivity contribution >= 4 is 40.5 Å². The number of carbonyl (C=O) groups excluding carboxylic acids is 2. The topological polar surface area (TPSA) is 211 Å². The number of hydrogen-bond donors (Lipinski definition) is 5. The Bertz CT molecular complexity index is 1980. The summed E-state index contributed by atoms with van der Waals surface area (Å²) in [5.74, 6) is -3.71. The molecule has 0 radical (unpaired) electrons. The summed E-state index contributed by atoms with van der Waals surface area (Å²) in [5, 5.41) is 21.0. The van der Waals surface area contributed by atoms with Gasteiger partial charge in [0.15, 0.2) is 5.65 Å². The summed E-state index contributed by atoms with van der Waals surface area (Å²) < 4.78 is 15.4. The molecule has 15 heteroatoms. The van der Waals surface area contributed by atoms with Gasteiger partial charge in [-0.2, -0.15) is 14.6 Å². The molecule has 212 valence electrons. The lowest BCUT2D eigenvalue weighted by Gasteiger charge is -2.13. The van der Waals surface area contributed by atoms with E-state index in [1.54, 1.807) is 19.1 Å². The Hall–Kier alpha value is -5.99. The minimum Gasteiger partial charge on any atom is -0.478 e. The molecule has 0 saturated carbocycles. The fourth-order valence-electron chi connectivity index (χ4n) is 4.12. The number of carboxylic acids is 1. The molecule has 5 aromatic rings. The third-order valence-electron chi connectivity index (χ3n) is 6.33. The smallest absolute Gasteiger partial charge is 0.335 e. The van der Waals surface area contributed by atoms with Gasteiger partial charge < -0.3 is 26.8 Å². The molecule has 2 aromatic heterocycles. The molecular formula is C27H21FN8O6. The highest BCUT2D eigenvalue weighted by molar-refractivity contribution is 5.95. The molecule has 2 heterocycles. The molecule has 42 heavy (non-hydrogen) atoms. The Kier molecular flexibility index (Phi) is 7.14. The van der Waals surface area contributed by atoms with Gasteiger partial charge in [0, 0.05) is 19.2 Å². The van der Waals surface area contributed by atoms with E-state index < -0.39 is 34.5 Å². The lowest BCUT2D eigenvalue weighted by molar-refractivity contribution is 0.0695. The van der Waals surface area contributed by atoms with Crippen LogP contribution in [0.2, 0.25) is 0 Å². The van der Waals surface area contributed by atoms with E-state index in [9.17, 15) is 33.5 Å². The lowest BCUT2D eigenvalue weighted by Crippen LogP contribution is -2.36. The quantitative estimate of drug-likeness (QED) is 0.158. The highest BCUT2D eigenvalue weighted by atomic mass is 19.1. The van der Waals surface area contributed by atoms with E-state index in [1.807, 2.05) is 0 Å². The number of nitrogens with two attached hydrogens (primary N) is 1. The van der Waals surface area contributed by atoms with Gasteiger partial charge in [0.2, 0.25) is 11.6 Å². The van der Waals surface area contributed by atoms with E-state index in [0.717, 1.165) is 10.6 Å². The van der Waals surface area contributed by atoms with Crippen LogP contribution < -0.4 is 32.5 Å². The summed E-state index contributed by atoms with van der Waals surface area (Å²) in [6, 6.07) is 9.97. The number of anilines is 3. The summed E-state index contributed by atoms with van der Waals surface area (Å²) in [6.45, 7) is 1.60. The van der Waals surface area contributed by atoms with Crippen molar-refractivity contribution in [1.29, 1.82) is 0 Å². The predicted molar refractivity (Wildman–Crippen MR) is 147 cm³/mol. The van der Waals surface area contributed by atoms with E-state index in [-0.39, 0.29) is 53.0 Å². The van der Waals surface area contributed by atoms with Crippen molar-refractivity contribution in [1.82, 2.24) is 30.2 Å². The molecule has 0 aliphatic heterocycles. The van der Waals surface area contributed by atoms with Crippen molar-refractivity contribution < 1.29 is 23.9 Å². The van der Waals surface area contributed by atoms with Crippen molar-refractivity contribution in [3.8, 4) is 0 Å². The van der Waals surface area contributed by atoms with Crippen LogP contribution >= 0.6 is 0 Å². The first-order valence-electron chi connectivity index (χ1n) is 12.3. The zero-order valence-electron chi connectivity index (χ0n) is 21.8. The van der Waals surface area contributed by atoms with Gasteiger partial charge in [0.25, 0.3) is 22.7 Å². The third-order valence-corrected chi connectivity index (χ3v) is 6.33. The number of aromatic carboxylic acids is 1. The van der Waals surface area contributed by atoms with Crippen molar-refractivity contribution in [3.05, 3.63) is 109 Å². The number of fused-ring (bicyclic) bond motifs is 1. The Morgan fingerprint density at radius 3 is 2.33 bits per heavy atom. The first kappa shape index (κ1) is 27.6. The van der Waals surface area contributed by atoms with Gasteiger partial charge in [0.05, 0.1) is 17.4 Å². The Labute approximate surface area is 234 Å².